The van der Waals surface area contributed by atoms with Crippen LogP contribution in [0.3, 0.4) is 0 Å². The summed E-state index contributed by atoms with van der Waals surface area (Å²) in [6.45, 7) is 2.60. The van der Waals surface area contributed by atoms with E-state index >= 15 is 0 Å². The minimum atomic E-state index is -1.50. The third kappa shape index (κ3) is 14200. The highest BCUT2D eigenvalue weighted by atomic mass is 16.5. The molecule has 0 spiro atoms. The molecule has 7 heavy (non-hydrogen) atoms. The van der Waals surface area contributed by atoms with E-state index in [1.165, 1.54) is 13.8 Å². The van der Waals surface area contributed by atoms with Gasteiger partial charge in [-0.2, -0.15) is 0 Å². The average Bonchev–Trinajstić information content (AvgIpc) is 0.722. The SMILES string of the molecule is C.C.CC(C)(O)O. The molecule has 0 aromatic carbocycles. The minimum absolute atomic E-state index is 0. The Morgan fingerprint density at radius 1 is 1.00 bits per heavy atom. The summed E-state index contributed by atoms with van der Waals surface area (Å²) >= 11 is 0. The average molecular weight is 108 g/mol. The quantitative estimate of drug-likeness (QED) is 0.454. The summed E-state index contributed by atoms with van der Waals surface area (Å²) in [5.41, 5.74) is 0. The molecule has 0 aliphatic heterocycles. The first-order valence-corrected chi connectivity index (χ1v) is 1.45. The Morgan fingerprint density at radius 3 is 1.00 bits per heavy atom. The molecular formula is C5H16O2. The summed E-state index contributed by atoms with van der Waals surface area (Å²) in [6.07, 6.45) is 0. The normalized spacial score (nSPS) is 8.57. The van der Waals surface area contributed by atoms with E-state index in [1.807, 2.05) is 0 Å². The van der Waals surface area contributed by atoms with Crippen molar-refractivity contribution in [2.75, 3.05) is 0 Å². The molecule has 0 aliphatic rings. The second-order valence-electron chi connectivity index (χ2n) is 1.49. The van der Waals surface area contributed by atoms with Crippen molar-refractivity contribution in [2.45, 2.75) is 34.5 Å². The maximum atomic E-state index is 8.08. The fraction of sp³-hybridized carbons (Fsp3) is 1.00. The van der Waals surface area contributed by atoms with Crippen molar-refractivity contribution in [3.8, 4) is 0 Å². The van der Waals surface area contributed by atoms with Crippen LogP contribution in [0.15, 0.2) is 0 Å². The molecule has 2 heteroatoms. The molecule has 48 valence electrons. The highest BCUT2D eigenvalue weighted by molar-refractivity contribution is 4.37. The molecule has 0 unspecified atom stereocenters. The van der Waals surface area contributed by atoms with Crippen LogP contribution in [0.5, 0.6) is 0 Å². The van der Waals surface area contributed by atoms with Gasteiger partial charge in [-0.3, -0.25) is 0 Å². The van der Waals surface area contributed by atoms with Crippen LogP contribution in [0.2, 0.25) is 0 Å². The van der Waals surface area contributed by atoms with Gasteiger partial charge in [0.1, 0.15) is 0 Å². The Balaban J connectivity index is -0.0000000800. The van der Waals surface area contributed by atoms with Gasteiger partial charge < -0.3 is 10.2 Å². The summed E-state index contributed by atoms with van der Waals surface area (Å²) in [5, 5.41) is 16.2. The smallest absolute Gasteiger partial charge is 0.156 e. The van der Waals surface area contributed by atoms with Gasteiger partial charge in [0.05, 0.1) is 0 Å². The zero-order valence-corrected chi connectivity index (χ0v) is 3.39. The van der Waals surface area contributed by atoms with Crippen LogP contribution in [0, 0.1) is 0 Å². The molecule has 0 aliphatic carbocycles. The van der Waals surface area contributed by atoms with Crippen LogP contribution in [0.25, 0.3) is 0 Å². The fourth-order valence-electron chi connectivity index (χ4n) is 0. The number of hydrogen-bond acceptors (Lipinski definition) is 2. The van der Waals surface area contributed by atoms with E-state index in [0.29, 0.717) is 0 Å². The molecule has 0 heterocycles. The summed E-state index contributed by atoms with van der Waals surface area (Å²) in [6, 6.07) is 0. The standard InChI is InChI=1S/C3H8O2.2CH4/c1-3(2,4)5;;/h4-5H,1-2H3;2*1H4. The Hall–Kier alpha value is -0.0800. The molecule has 0 rings (SSSR count). The maximum absolute atomic E-state index is 8.08. The first-order chi connectivity index (χ1) is 2.00. The van der Waals surface area contributed by atoms with Crippen molar-refractivity contribution in [3.05, 3.63) is 0 Å². The van der Waals surface area contributed by atoms with Gasteiger partial charge in [0.25, 0.3) is 0 Å². The highest BCUT2D eigenvalue weighted by Gasteiger charge is 2.00. The molecule has 2 nitrogen and oxygen atoms in total. The van der Waals surface area contributed by atoms with E-state index in [-0.39, 0.29) is 14.9 Å². The second-order valence-corrected chi connectivity index (χ2v) is 1.49. The van der Waals surface area contributed by atoms with Gasteiger partial charge in [-0.25, -0.2) is 0 Å². The molecule has 2 N–H and O–H groups in total. The molecule has 0 saturated carbocycles. The lowest BCUT2D eigenvalue weighted by atomic mass is 10.4. The monoisotopic (exact) mass is 108 g/mol. The van der Waals surface area contributed by atoms with E-state index < -0.39 is 5.79 Å². The van der Waals surface area contributed by atoms with Gasteiger partial charge in [0, 0.05) is 0 Å². The van der Waals surface area contributed by atoms with Gasteiger partial charge >= 0.3 is 0 Å². The topological polar surface area (TPSA) is 40.5 Å². The molecule has 0 bridgehead atoms. The lowest BCUT2D eigenvalue weighted by molar-refractivity contribution is -0.127. The fourth-order valence-corrected chi connectivity index (χ4v) is 0. The first-order valence-electron chi connectivity index (χ1n) is 1.45. The lowest BCUT2D eigenvalue weighted by Gasteiger charge is -2.03. The molecule has 0 aromatic heterocycles. The van der Waals surface area contributed by atoms with Gasteiger partial charge in [-0.1, -0.05) is 14.9 Å². The van der Waals surface area contributed by atoms with Crippen LogP contribution in [-0.4, -0.2) is 16.0 Å². The lowest BCUT2D eigenvalue weighted by Crippen LogP contribution is -2.15. The van der Waals surface area contributed by atoms with E-state index in [4.69, 9.17) is 10.2 Å². The van der Waals surface area contributed by atoms with Crippen LogP contribution >= 0.6 is 0 Å². The third-order valence-corrected chi connectivity index (χ3v) is 0. The van der Waals surface area contributed by atoms with Crippen molar-refractivity contribution in [2.24, 2.45) is 0 Å². The van der Waals surface area contributed by atoms with Crippen molar-refractivity contribution < 1.29 is 10.2 Å². The predicted molar refractivity (Wildman–Crippen MR) is 32.0 cm³/mol. The number of hydrogen-bond donors (Lipinski definition) is 2. The van der Waals surface area contributed by atoms with Crippen molar-refractivity contribution in [1.82, 2.24) is 0 Å². The Bertz CT molecular complexity index is 21.6. The molecule has 0 amide bonds. The second kappa shape index (κ2) is 4.09. The summed E-state index contributed by atoms with van der Waals surface area (Å²) in [7, 11) is 0. The third-order valence-electron chi connectivity index (χ3n) is 0. The van der Waals surface area contributed by atoms with Crippen molar-refractivity contribution in [1.29, 1.82) is 0 Å². The number of rotatable bonds is 0. The molecule has 0 aromatic rings. The van der Waals surface area contributed by atoms with E-state index in [2.05, 4.69) is 0 Å². The highest BCUT2D eigenvalue weighted by Crippen LogP contribution is 1.88. The Kier molecular flexibility index (Phi) is 9.22. The number of aliphatic hydroxyl groups is 2. The molecule has 0 radical (unpaired) electrons. The largest absolute Gasteiger partial charge is 0.366 e. The van der Waals surface area contributed by atoms with Gasteiger partial charge in [-0.15, -0.1) is 0 Å². The Labute approximate surface area is 45.8 Å². The van der Waals surface area contributed by atoms with Gasteiger partial charge in [0.15, 0.2) is 5.79 Å². The van der Waals surface area contributed by atoms with Crippen LogP contribution in [-0.2, 0) is 0 Å². The molecule has 0 saturated heterocycles. The van der Waals surface area contributed by atoms with E-state index in [9.17, 15) is 0 Å². The summed E-state index contributed by atoms with van der Waals surface area (Å²) in [5.74, 6) is -1.50. The first kappa shape index (κ1) is 15.8. The van der Waals surface area contributed by atoms with E-state index in [0.717, 1.165) is 0 Å². The van der Waals surface area contributed by atoms with Crippen LogP contribution < -0.4 is 0 Å². The molecule has 0 fully saturated rings. The van der Waals surface area contributed by atoms with Gasteiger partial charge in [-0.05, 0) is 13.8 Å². The predicted octanol–water partition coefficient (Wildman–Crippen LogP) is 0.979. The zero-order chi connectivity index (χ0) is 4.50. The van der Waals surface area contributed by atoms with Crippen molar-refractivity contribution in [3.63, 3.8) is 0 Å². The van der Waals surface area contributed by atoms with Gasteiger partial charge in [0.2, 0.25) is 0 Å². The van der Waals surface area contributed by atoms with Crippen LogP contribution in [0.4, 0.5) is 0 Å². The van der Waals surface area contributed by atoms with E-state index in [1.54, 1.807) is 0 Å². The maximum Gasteiger partial charge on any atom is 0.156 e. The summed E-state index contributed by atoms with van der Waals surface area (Å²) < 4.78 is 0. The minimum Gasteiger partial charge on any atom is -0.366 e. The molecular weight excluding hydrogens is 92.1 g/mol. The van der Waals surface area contributed by atoms with Crippen LogP contribution in [0.1, 0.15) is 28.7 Å². The zero-order valence-electron chi connectivity index (χ0n) is 3.39. The summed E-state index contributed by atoms with van der Waals surface area (Å²) in [4.78, 5) is 0. The Morgan fingerprint density at radius 2 is 1.00 bits per heavy atom. The van der Waals surface area contributed by atoms with Crippen molar-refractivity contribution >= 4 is 0 Å². The molecule has 0 atom stereocenters.